The van der Waals surface area contributed by atoms with Crippen LogP contribution in [0.2, 0.25) is 5.02 Å². The van der Waals surface area contributed by atoms with Gasteiger partial charge in [-0.2, -0.15) is 0 Å². The fourth-order valence-corrected chi connectivity index (χ4v) is 4.72. The predicted octanol–water partition coefficient (Wildman–Crippen LogP) is 5.34. The molecule has 4 nitrogen and oxygen atoms in total. The fourth-order valence-electron chi connectivity index (χ4n) is 3.13. The van der Waals surface area contributed by atoms with Crippen LogP contribution in [0.1, 0.15) is 58.3 Å². The van der Waals surface area contributed by atoms with E-state index in [9.17, 15) is 9.59 Å². The van der Waals surface area contributed by atoms with Gasteiger partial charge in [-0.1, -0.05) is 24.6 Å². The number of halogens is 1. The van der Waals surface area contributed by atoms with Crippen molar-refractivity contribution in [1.82, 2.24) is 0 Å². The van der Waals surface area contributed by atoms with Gasteiger partial charge in [-0.25, -0.2) is 4.79 Å². The van der Waals surface area contributed by atoms with E-state index in [4.69, 9.17) is 16.3 Å². The highest BCUT2D eigenvalue weighted by Gasteiger charge is 2.29. The van der Waals surface area contributed by atoms with Gasteiger partial charge in [0.25, 0.3) is 5.91 Å². The lowest BCUT2D eigenvalue weighted by Crippen LogP contribution is -2.18. The van der Waals surface area contributed by atoms with Crippen molar-refractivity contribution in [3.05, 3.63) is 50.9 Å². The molecule has 0 unspecified atom stereocenters. The van der Waals surface area contributed by atoms with E-state index in [1.807, 2.05) is 13.8 Å². The van der Waals surface area contributed by atoms with Gasteiger partial charge in [-0.15, -0.1) is 11.3 Å². The van der Waals surface area contributed by atoms with E-state index in [1.165, 1.54) is 16.2 Å². The Morgan fingerprint density at radius 2 is 2.12 bits per heavy atom. The molecule has 1 atom stereocenters. The van der Waals surface area contributed by atoms with Gasteiger partial charge in [0.15, 0.2) is 0 Å². The molecule has 1 aromatic heterocycles. The summed E-state index contributed by atoms with van der Waals surface area (Å²) in [5.74, 6) is -0.0715. The minimum atomic E-state index is -0.367. The number of thiophene rings is 1. The normalized spacial score (nSPS) is 16.3. The van der Waals surface area contributed by atoms with Gasteiger partial charge >= 0.3 is 5.97 Å². The molecule has 0 bridgehead atoms. The minimum Gasteiger partial charge on any atom is -0.459 e. The Bertz CT molecular complexity index is 844. The quantitative estimate of drug-likeness (QED) is 0.715. The Labute approximate surface area is 162 Å². The summed E-state index contributed by atoms with van der Waals surface area (Å²) in [4.78, 5) is 26.5. The molecular weight excluding hydrogens is 370 g/mol. The van der Waals surface area contributed by atoms with Crippen LogP contribution in [0.15, 0.2) is 24.3 Å². The summed E-state index contributed by atoms with van der Waals surface area (Å²) in [6, 6.07) is 6.75. The number of carbonyl (C=O) groups is 2. The molecule has 0 radical (unpaired) electrons. The number of nitrogens with one attached hydrogen (secondary N) is 1. The Hall–Kier alpha value is -1.85. The van der Waals surface area contributed by atoms with Gasteiger partial charge in [0, 0.05) is 15.5 Å². The highest BCUT2D eigenvalue weighted by Crippen LogP contribution is 2.40. The number of amides is 1. The first kappa shape index (κ1) is 18.9. The molecule has 1 heterocycles. The van der Waals surface area contributed by atoms with Crippen LogP contribution in [0.4, 0.5) is 5.00 Å². The Balaban J connectivity index is 1.95. The number of esters is 1. The molecule has 1 N–H and O–H groups in total. The van der Waals surface area contributed by atoms with Gasteiger partial charge < -0.3 is 10.1 Å². The monoisotopic (exact) mass is 391 g/mol. The molecule has 26 heavy (non-hydrogen) atoms. The van der Waals surface area contributed by atoms with Crippen molar-refractivity contribution in [3.8, 4) is 0 Å². The summed E-state index contributed by atoms with van der Waals surface area (Å²) in [5, 5.41) is 3.97. The SMILES string of the molecule is CC(C)OC(=O)c1c(NC(=O)c2cccc(Cl)c2)sc2c1CC[C@@H](C)C2. The zero-order valence-corrected chi connectivity index (χ0v) is 16.7. The number of ether oxygens (including phenoxy) is 1. The second kappa shape index (κ2) is 7.80. The van der Waals surface area contributed by atoms with Gasteiger partial charge in [0.2, 0.25) is 0 Å². The van der Waals surface area contributed by atoms with E-state index in [0.29, 0.717) is 27.1 Å². The van der Waals surface area contributed by atoms with Crippen LogP contribution >= 0.6 is 22.9 Å². The number of rotatable bonds is 4. The van der Waals surface area contributed by atoms with E-state index in [0.717, 1.165) is 24.8 Å². The summed E-state index contributed by atoms with van der Waals surface area (Å²) in [6.07, 6.45) is 2.59. The molecule has 138 valence electrons. The summed E-state index contributed by atoms with van der Waals surface area (Å²) in [6.45, 7) is 5.85. The minimum absolute atomic E-state index is 0.211. The molecule has 0 aliphatic heterocycles. The van der Waals surface area contributed by atoms with Gasteiger partial charge in [0.1, 0.15) is 5.00 Å². The van der Waals surface area contributed by atoms with E-state index >= 15 is 0 Å². The second-order valence-electron chi connectivity index (χ2n) is 6.97. The van der Waals surface area contributed by atoms with Crippen LogP contribution in [0.5, 0.6) is 0 Å². The van der Waals surface area contributed by atoms with Gasteiger partial charge in [-0.3, -0.25) is 4.79 Å². The molecule has 1 amide bonds. The molecule has 0 fully saturated rings. The summed E-state index contributed by atoms with van der Waals surface area (Å²) < 4.78 is 5.43. The Morgan fingerprint density at radius 3 is 2.81 bits per heavy atom. The first-order valence-electron chi connectivity index (χ1n) is 8.77. The molecule has 0 saturated carbocycles. The lowest BCUT2D eigenvalue weighted by molar-refractivity contribution is 0.0378. The lowest BCUT2D eigenvalue weighted by Gasteiger charge is -2.18. The van der Waals surface area contributed by atoms with Crippen molar-refractivity contribution in [1.29, 1.82) is 0 Å². The van der Waals surface area contributed by atoms with Gasteiger partial charge in [0.05, 0.1) is 11.7 Å². The standard InChI is InChI=1S/C20H22ClNO3S/c1-11(2)25-20(24)17-15-8-7-12(3)9-16(15)26-19(17)22-18(23)13-5-4-6-14(21)10-13/h4-6,10-12H,7-9H2,1-3H3,(H,22,23)/t12-/m1/s1. The zero-order chi connectivity index (χ0) is 18.8. The van der Waals surface area contributed by atoms with E-state index < -0.39 is 0 Å². The van der Waals surface area contributed by atoms with Crippen LogP contribution in [0.3, 0.4) is 0 Å². The average molecular weight is 392 g/mol. The second-order valence-corrected chi connectivity index (χ2v) is 8.52. The van der Waals surface area contributed by atoms with Crippen LogP contribution < -0.4 is 5.32 Å². The maximum Gasteiger partial charge on any atom is 0.341 e. The highest BCUT2D eigenvalue weighted by atomic mass is 35.5. The predicted molar refractivity (Wildman–Crippen MR) is 105 cm³/mol. The smallest absolute Gasteiger partial charge is 0.341 e. The molecule has 1 aliphatic carbocycles. The van der Waals surface area contributed by atoms with Crippen molar-refractivity contribution >= 4 is 39.8 Å². The van der Waals surface area contributed by atoms with Crippen molar-refractivity contribution in [2.45, 2.75) is 46.1 Å². The molecule has 0 spiro atoms. The van der Waals surface area contributed by atoms with Crippen molar-refractivity contribution < 1.29 is 14.3 Å². The highest BCUT2D eigenvalue weighted by molar-refractivity contribution is 7.17. The number of benzene rings is 1. The van der Waals surface area contributed by atoms with Crippen LogP contribution in [0, 0.1) is 5.92 Å². The first-order chi connectivity index (χ1) is 12.3. The lowest BCUT2D eigenvalue weighted by atomic mass is 9.88. The maximum absolute atomic E-state index is 12.7. The van der Waals surface area contributed by atoms with Crippen LogP contribution in [-0.4, -0.2) is 18.0 Å². The van der Waals surface area contributed by atoms with Crippen LogP contribution in [-0.2, 0) is 17.6 Å². The summed E-state index contributed by atoms with van der Waals surface area (Å²) >= 11 is 7.46. The van der Waals surface area contributed by atoms with E-state index in [-0.39, 0.29) is 18.0 Å². The molecule has 6 heteroatoms. The summed E-state index contributed by atoms with van der Waals surface area (Å²) in [7, 11) is 0. The third-order valence-corrected chi connectivity index (χ3v) is 5.78. The molecule has 3 rings (SSSR count). The number of hydrogen-bond donors (Lipinski definition) is 1. The molecule has 0 saturated heterocycles. The Kier molecular flexibility index (Phi) is 5.68. The van der Waals surface area contributed by atoms with E-state index in [1.54, 1.807) is 24.3 Å². The average Bonchev–Trinajstić information content (AvgIpc) is 2.91. The van der Waals surface area contributed by atoms with E-state index in [2.05, 4.69) is 12.2 Å². The summed E-state index contributed by atoms with van der Waals surface area (Å²) in [5.41, 5.74) is 2.00. The third-order valence-electron chi connectivity index (χ3n) is 4.37. The molecule has 1 aromatic carbocycles. The Morgan fingerprint density at radius 1 is 1.35 bits per heavy atom. The molecule has 2 aromatic rings. The number of fused-ring (bicyclic) bond motifs is 1. The van der Waals surface area contributed by atoms with Crippen molar-refractivity contribution in [2.75, 3.05) is 5.32 Å². The van der Waals surface area contributed by atoms with Crippen molar-refractivity contribution in [3.63, 3.8) is 0 Å². The number of anilines is 1. The number of carbonyl (C=O) groups excluding carboxylic acids is 2. The fraction of sp³-hybridized carbons (Fsp3) is 0.400. The third kappa shape index (κ3) is 4.10. The van der Waals surface area contributed by atoms with Gasteiger partial charge in [-0.05, 0) is 62.8 Å². The van der Waals surface area contributed by atoms with Crippen molar-refractivity contribution in [2.24, 2.45) is 5.92 Å². The van der Waals surface area contributed by atoms with Crippen LogP contribution in [0.25, 0.3) is 0 Å². The number of hydrogen-bond acceptors (Lipinski definition) is 4. The maximum atomic E-state index is 12.7. The topological polar surface area (TPSA) is 55.4 Å². The molecular formula is C20H22ClNO3S. The largest absolute Gasteiger partial charge is 0.459 e. The molecule has 1 aliphatic rings. The zero-order valence-electron chi connectivity index (χ0n) is 15.1. The first-order valence-corrected chi connectivity index (χ1v) is 9.97.